The second-order valence-corrected chi connectivity index (χ2v) is 3.98. The van der Waals surface area contributed by atoms with E-state index in [-0.39, 0.29) is 11.9 Å². The van der Waals surface area contributed by atoms with E-state index in [1.165, 1.54) is 0 Å². The number of carbonyl (C=O) groups is 1. The highest BCUT2D eigenvalue weighted by molar-refractivity contribution is 5.83. The third-order valence-corrected chi connectivity index (χ3v) is 2.61. The molecule has 1 unspecified atom stereocenters. The first kappa shape index (κ1) is 10.2. The van der Waals surface area contributed by atoms with Crippen LogP contribution in [0.15, 0.2) is 0 Å². The first-order chi connectivity index (χ1) is 7.16. The summed E-state index contributed by atoms with van der Waals surface area (Å²) in [5.74, 6) is -0.0149. The van der Waals surface area contributed by atoms with Gasteiger partial charge in [-0.1, -0.05) is 0 Å². The van der Waals surface area contributed by atoms with E-state index in [0.29, 0.717) is 25.7 Å². The van der Waals surface area contributed by atoms with Gasteiger partial charge in [0.05, 0.1) is 13.2 Å². The highest BCUT2D eigenvalue weighted by Crippen LogP contribution is 2.19. The van der Waals surface area contributed by atoms with Crippen LogP contribution in [0.3, 0.4) is 0 Å². The van der Waals surface area contributed by atoms with E-state index in [1.807, 2.05) is 0 Å². The van der Waals surface area contributed by atoms with Gasteiger partial charge in [-0.3, -0.25) is 5.41 Å². The maximum absolute atomic E-state index is 11.7. The molecular formula is C9H16N4O2. The van der Waals surface area contributed by atoms with Crippen molar-refractivity contribution in [1.29, 1.82) is 5.41 Å². The van der Waals surface area contributed by atoms with Crippen LogP contribution in [0.5, 0.6) is 0 Å². The number of ether oxygens (including phenoxy) is 1. The molecule has 0 aromatic rings. The van der Waals surface area contributed by atoms with Crippen molar-refractivity contribution < 1.29 is 9.53 Å². The Bertz CT molecular complexity index is 277. The first-order valence-corrected chi connectivity index (χ1v) is 5.18. The lowest BCUT2D eigenvalue weighted by molar-refractivity contribution is 0.0209. The van der Waals surface area contributed by atoms with Crippen LogP contribution in [-0.2, 0) is 4.74 Å². The molecule has 15 heavy (non-hydrogen) atoms. The Balaban J connectivity index is 1.85. The summed E-state index contributed by atoms with van der Waals surface area (Å²) in [4.78, 5) is 13.3. The minimum Gasteiger partial charge on any atom is -0.385 e. The summed E-state index contributed by atoms with van der Waals surface area (Å²) in [5.41, 5.74) is 5.34. The molecule has 2 rings (SSSR count). The number of nitrogens with zero attached hydrogens (tertiary/aromatic N) is 1. The minimum absolute atomic E-state index is 0.0149. The minimum atomic E-state index is -0.441. The zero-order valence-electron chi connectivity index (χ0n) is 8.53. The van der Waals surface area contributed by atoms with Crippen molar-refractivity contribution in [1.82, 2.24) is 10.2 Å². The normalized spacial score (nSPS) is 26.1. The van der Waals surface area contributed by atoms with Gasteiger partial charge in [0.1, 0.15) is 11.9 Å². The molecular weight excluding hydrogens is 196 g/mol. The van der Waals surface area contributed by atoms with Crippen LogP contribution in [0, 0.1) is 5.41 Å². The Hall–Kier alpha value is -1.30. The standard InChI is InChI=1S/C9H16N4O2/c10-8(11)7-5-13(3-4-15-7)9(14)12-6-1-2-6/h6-7H,1-5H2,(H3,10,11)(H,12,14). The molecule has 0 aromatic heterocycles. The van der Waals surface area contributed by atoms with Crippen molar-refractivity contribution >= 4 is 11.9 Å². The fraction of sp³-hybridized carbons (Fsp3) is 0.778. The average molecular weight is 212 g/mol. The molecule has 2 amide bonds. The summed E-state index contributed by atoms with van der Waals surface area (Å²) in [6, 6.07) is 0.295. The molecule has 1 aliphatic heterocycles. The lowest BCUT2D eigenvalue weighted by atomic mass is 10.2. The van der Waals surface area contributed by atoms with Crippen molar-refractivity contribution in [3.63, 3.8) is 0 Å². The Morgan fingerprint density at radius 2 is 2.27 bits per heavy atom. The van der Waals surface area contributed by atoms with Gasteiger partial charge in [-0.25, -0.2) is 4.79 Å². The molecule has 1 atom stereocenters. The summed E-state index contributed by atoms with van der Waals surface area (Å²) in [6.07, 6.45) is 1.71. The van der Waals surface area contributed by atoms with Crippen LogP contribution < -0.4 is 11.1 Å². The number of amides is 2. The molecule has 0 bridgehead atoms. The summed E-state index contributed by atoms with van der Waals surface area (Å²) in [7, 11) is 0. The van der Waals surface area contributed by atoms with Gasteiger partial charge < -0.3 is 20.7 Å². The molecule has 1 saturated carbocycles. The molecule has 6 heteroatoms. The molecule has 2 fully saturated rings. The fourth-order valence-corrected chi connectivity index (χ4v) is 1.52. The van der Waals surface area contributed by atoms with Crippen molar-refractivity contribution in [2.24, 2.45) is 5.73 Å². The van der Waals surface area contributed by atoms with Gasteiger partial charge in [-0.15, -0.1) is 0 Å². The molecule has 2 aliphatic rings. The number of nitrogens with two attached hydrogens (primary N) is 1. The largest absolute Gasteiger partial charge is 0.385 e. The molecule has 0 aromatic carbocycles. The van der Waals surface area contributed by atoms with Gasteiger partial charge in [-0.05, 0) is 12.8 Å². The zero-order valence-corrected chi connectivity index (χ0v) is 8.53. The van der Waals surface area contributed by atoms with Crippen LogP contribution in [0.1, 0.15) is 12.8 Å². The Kier molecular flexibility index (Phi) is 2.77. The molecule has 1 aliphatic carbocycles. The quantitative estimate of drug-likeness (QED) is 0.425. The maximum Gasteiger partial charge on any atom is 0.317 e. The Morgan fingerprint density at radius 3 is 2.87 bits per heavy atom. The number of morpholine rings is 1. The molecule has 1 saturated heterocycles. The van der Waals surface area contributed by atoms with Gasteiger partial charge in [0.25, 0.3) is 0 Å². The smallest absolute Gasteiger partial charge is 0.317 e. The van der Waals surface area contributed by atoms with Gasteiger partial charge in [0, 0.05) is 12.6 Å². The zero-order chi connectivity index (χ0) is 10.8. The van der Waals surface area contributed by atoms with E-state index in [4.69, 9.17) is 15.9 Å². The van der Waals surface area contributed by atoms with Crippen LogP contribution in [0.2, 0.25) is 0 Å². The number of carbonyl (C=O) groups excluding carboxylic acids is 1. The summed E-state index contributed by atoms with van der Waals surface area (Å²) in [6.45, 7) is 1.40. The van der Waals surface area contributed by atoms with Crippen molar-refractivity contribution in [3.8, 4) is 0 Å². The predicted molar refractivity (Wildman–Crippen MR) is 54.8 cm³/mol. The molecule has 4 N–H and O–H groups in total. The maximum atomic E-state index is 11.7. The molecule has 84 valence electrons. The van der Waals surface area contributed by atoms with E-state index >= 15 is 0 Å². The van der Waals surface area contributed by atoms with E-state index in [9.17, 15) is 4.79 Å². The number of nitrogens with one attached hydrogen (secondary N) is 2. The number of hydrogen-bond donors (Lipinski definition) is 3. The summed E-state index contributed by atoms with van der Waals surface area (Å²) in [5, 5.41) is 10.2. The predicted octanol–water partition coefficient (Wildman–Crippen LogP) is -0.505. The molecule has 1 heterocycles. The van der Waals surface area contributed by atoms with Crippen LogP contribution >= 0.6 is 0 Å². The highest BCUT2D eigenvalue weighted by atomic mass is 16.5. The van der Waals surface area contributed by atoms with Crippen molar-refractivity contribution in [2.75, 3.05) is 19.7 Å². The van der Waals surface area contributed by atoms with Crippen LogP contribution in [0.25, 0.3) is 0 Å². The third kappa shape index (κ3) is 2.59. The van der Waals surface area contributed by atoms with Crippen molar-refractivity contribution in [3.05, 3.63) is 0 Å². The molecule has 6 nitrogen and oxygen atoms in total. The number of amidine groups is 1. The van der Waals surface area contributed by atoms with Gasteiger partial charge >= 0.3 is 6.03 Å². The van der Waals surface area contributed by atoms with Crippen molar-refractivity contribution in [2.45, 2.75) is 25.0 Å². The highest BCUT2D eigenvalue weighted by Gasteiger charge is 2.29. The second-order valence-electron chi connectivity index (χ2n) is 3.98. The van der Waals surface area contributed by atoms with Gasteiger partial charge in [-0.2, -0.15) is 0 Å². The van der Waals surface area contributed by atoms with E-state index in [2.05, 4.69) is 5.32 Å². The van der Waals surface area contributed by atoms with E-state index in [0.717, 1.165) is 12.8 Å². The SMILES string of the molecule is N=C(N)C1CN(C(=O)NC2CC2)CCO1. The molecule has 0 radical (unpaired) electrons. The topological polar surface area (TPSA) is 91.4 Å². The van der Waals surface area contributed by atoms with E-state index in [1.54, 1.807) is 4.90 Å². The Morgan fingerprint density at radius 1 is 1.53 bits per heavy atom. The molecule has 0 spiro atoms. The lowest BCUT2D eigenvalue weighted by Gasteiger charge is -2.32. The number of urea groups is 1. The van der Waals surface area contributed by atoms with Crippen LogP contribution in [0.4, 0.5) is 4.79 Å². The number of rotatable bonds is 2. The third-order valence-electron chi connectivity index (χ3n) is 2.61. The summed E-state index contributed by atoms with van der Waals surface area (Å²) >= 11 is 0. The Labute approximate surface area is 88.3 Å². The second kappa shape index (κ2) is 4.06. The van der Waals surface area contributed by atoms with Crippen LogP contribution in [-0.4, -0.2) is 48.6 Å². The van der Waals surface area contributed by atoms with Gasteiger partial charge in [0.2, 0.25) is 0 Å². The average Bonchev–Trinajstić information content (AvgIpc) is 3.02. The van der Waals surface area contributed by atoms with Gasteiger partial charge in [0.15, 0.2) is 0 Å². The fourth-order valence-electron chi connectivity index (χ4n) is 1.52. The summed E-state index contributed by atoms with van der Waals surface area (Å²) < 4.78 is 5.27. The van der Waals surface area contributed by atoms with E-state index < -0.39 is 6.10 Å². The monoisotopic (exact) mass is 212 g/mol. The number of hydrogen-bond acceptors (Lipinski definition) is 3. The lowest BCUT2D eigenvalue weighted by Crippen LogP contribution is -2.53. The first-order valence-electron chi connectivity index (χ1n) is 5.18.